The van der Waals surface area contributed by atoms with Crippen LogP contribution in [0.4, 0.5) is 0 Å². The maximum Gasteiger partial charge on any atom is 0.282 e. The Morgan fingerprint density at radius 3 is 2.55 bits per heavy atom. The zero-order valence-corrected chi connectivity index (χ0v) is 14.4. The van der Waals surface area contributed by atoms with Gasteiger partial charge in [0, 0.05) is 57.9 Å². The van der Waals surface area contributed by atoms with Gasteiger partial charge in [-0.05, 0) is 20.3 Å². The maximum absolute atomic E-state index is 12.9. The molecule has 3 aliphatic heterocycles. The second-order valence-corrected chi connectivity index (χ2v) is 8.54. The van der Waals surface area contributed by atoms with E-state index >= 15 is 0 Å². The number of rotatable bonds is 3. The van der Waals surface area contributed by atoms with Gasteiger partial charge in [-0.15, -0.1) is 0 Å². The van der Waals surface area contributed by atoms with Crippen molar-refractivity contribution in [2.45, 2.75) is 38.5 Å². The number of morpholine rings is 1. The van der Waals surface area contributed by atoms with Gasteiger partial charge < -0.3 is 10.1 Å². The summed E-state index contributed by atoms with van der Waals surface area (Å²) in [5.74, 6) is 0. The van der Waals surface area contributed by atoms with Gasteiger partial charge >= 0.3 is 0 Å². The third-order valence-corrected chi connectivity index (χ3v) is 7.05. The quantitative estimate of drug-likeness (QED) is 0.742. The molecular formula is C14H28N4O3S. The molecule has 0 aromatic heterocycles. The van der Waals surface area contributed by atoms with E-state index < -0.39 is 10.2 Å². The van der Waals surface area contributed by atoms with Gasteiger partial charge in [-0.2, -0.15) is 17.0 Å². The molecule has 3 atom stereocenters. The van der Waals surface area contributed by atoms with E-state index in [1.165, 1.54) is 0 Å². The summed E-state index contributed by atoms with van der Waals surface area (Å²) in [6.45, 7) is 10.1. The molecule has 128 valence electrons. The lowest BCUT2D eigenvalue weighted by Gasteiger charge is -2.38. The fourth-order valence-electron chi connectivity index (χ4n) is 3.61. The SMILES string of the molecule is CC1CN(S(=O)(=O)N2CCC(N3CCNCC3)C2)C(C)CO1. The van der Waals surface area contributed by atoms with Crippen LogP contribution in [0.3, 0.4) is 0 Å². The lowest BCUT2D eigenvalue weighted by molar-refractivity contribution is -0.0189. The Bertz CT molecular complexity index is 480. The molecule has 7 nitrogen and oxygen atoms in total. The second-order valence-electron chi connectivity index (χ2n) is 6.66. The van der Waals surface area contributed by atoms with Gasteiger partial charge in [0.2, 0.25) is 0 Å². The van der Waals surface area contributed by atoms with Crippen LogP contribution in [0.5, 0.6) is 0 Å². The average Bonchev–Trinajstić information content (AvgIpc) is 3.01. The fraction of sp³-hybridized carbons (Fsp3) is 1.00. The summed E-state index contributed by atoms with van der Waals surface area (Å²) in [7, 11) is -3.37. The molecule has 0 aromatic carbocycles. The highest BCUT2D eigenvalue weighted by Gasteiger charge is 2.41. The van der Waals surface area contributed by atoms with Crippen molar-refractivity contribution in [3.05, 3.63) is 0 Å². The summed E-state index contributed by atoms with van der Waals surface area (Å²) >= 11 is 0. The summed E-state index contributed by atoms with van der Waals surface area (Å²) in [6.07, 6.45) is 0.908. The Morgan fingerprint density at radius 1 is 1.09 bits per heavy atom. The van der Waals surface area contributed by atoms with Crippen molar-refractivity contribution in [1.29, 1.82) is 0 Å². The highest BCUT2D eigenvalue weighted by Crippen LogP contribution is 2.24. The Morgan fingerprint density at radius 2 is 1.82 bits per heavy atom. The number of nitrogens with one attached hydrogen (secondary N) is 1. The first kappa shape index (κ1) is 16.6. The van der Waals surface area contributed by atoms with E-state index in [0.29, 0.717) is 32.3 Å². The molecule has 1 N–H and O–H groups in total. The van der Waals surface area contributed by atoms with Gasteiger partial charge in [0.05, 0.1) is 12.7 Å². The van der Waals surface area contributed by atoms with Gasteiger partial charge in [0.25, 0.3) is 10.2 Å². The molecule has 22 heavy (non-hydrogen) atoms. The van der Waals surface area contributed by atoms with E-state index in [-0.39, 0.29) is 12.1 Å². The third-order valence-electron chi connectivity index (χ3n) is 4.97. The molecule has 0 amide bonds. The molecular weight excluding hydrogens is 304 g/mol. The molecule has 3 aliphatic rings. The van der Waals surface area contributed by atoms with E-state index in [0.717, 1.165) is 32.6 Å². The molecule has 8 heteroatoms. The third kappa shape index (κ3) is 3.32. The van der Waals surface area contributed by atoms with Gasteiger partial charge in [-0.25, -0.2) is 0 Å². The highest BCUT2D eigenvalue weighted by molar-refractivity contribution is 7.86. The van der Waals surface area contributed by atoms with Crippen LogP contribution >= 0.6 is 0 Å². The molecule has 3 rings (SSSR count). The minimum absolute atomic E-state index is 0.0301. The largest absolute Gasteiger partial charge is 0.375 e. The van der Waals surface area contributed by atoms with Crippen molar-refractivity contribution >= 4 is 10.2 Å². The summed E-state index contributed by atoms with van der Waals surface area (Å²) in [5, 5.41) is 3.35. The van der Waals surface area contributed by atoms with Crippen molar-refractivity contribution in [2.75, 3.05) is 52.4 Å². The lowest BCUT2D eigenvalue weighted by Crippen LogP contribution is -2.55. The summed E-state index contributed by atoms with van der Waals surface area (Å²) in [4.78, 5) is 2.43. The van der Waals surface area contributed by atoms with E-state index in [1.54, 1.807) is 8.61 Å². The molecule has 0 bridgehead atoms. The monoisotopic (exact) mass is 332 g/mol. The predicted molar refractivity (Wildman–Crippen MR) is 84.9 cm³/mol. The lowest BCUT2D eigenvalue weighted by atomic mass is 10.2. The Kier molecular flexibility index (Phi) is 5.06. The molecule has 3 saturated heterocycles. The molecule has 3 unspecified atom stereocenters. The van der Waals surface area contributed by atoms with E-state index in [2.05, 4.69) is 10.2 Å². The van der Waals surface area contributed by atoms with Gasteiger partial charge in [-0.1, -0.05) is 0 Å². The van der Waals surface area contributed by atoms with Crippen LogP contribution in [0.2, 0.25) is 0 Å². The van der Waals surface area contributed by atoms with Crippen LogP contribution in [0, 0.1) is 0 Å². The number of ether oxygens (including phenoxy) is 1. The topological polar surface area (TPSA) is 65.1 Å². The number of piperazine rings is 1. The Balaban J connectivity index is 1.65. The van der Waals surface area contributed by atoms with Crippen molar-refractivity contribution in [2.24, 2.45) is 0 Å². The van der Waals surface area contributed by atoms with Crippen LogP contribution in [-0.4, -0.2) is 92.5 Å². The highest BCUT2D eigenvalue weighted by atomic mass is 32.2. The number of hydrogen-bond donors (Lipinski definition) is 1. The van der Waals surface area contributed by atoms with Crippen LogP contribution < -0.4 is 5.32 Å². The van der Waals surface area contributed by atoms with Crippen LogP contribution in [0.25, 0.3) is 0 Å². The van der Waals surface area contributed by atoms with Gasteiger partial charge in [0.1, 0.15) is 0 Å². The summed E-state index contributed by atoms with van der Waals surface area (Å²) in [6, 6.07) is 0.282. The zero-order valence-electron chi connectivity index (χ0n) is 13.6. The molecule has 0 saturated carbocycles. The first-order chi connectivity index (χ1) is 10.5. The van der Waals surface area contributed by atoms with Crippen LogP contribution in [0.15, 0.2) is 0 Å². The van der Waals surface area contributed by atoms with Crippen molar-refractivity contribution in [1.82, 2.24) is 18.8 Å². The van der Waals surface area contributed by atoms with E-state index in [9.17, 15) is 8.42 Å². The van der Waals surface area contributed by atoms with E-state index in [4.69, 9.17) is 4.74 Å². The molecule has 0 aromatic rings. The smallest absolute Gasteiger partial charge is 0.282 e. The molecule has 3 fully saturated rings. The van der Waals surface area contributed by atoms with Crippen LogP contribution in [-0.2, 0) is 14.9 Å². The standard InChI is InChI=1S/C14H28N4O3S/c1-12-11-21-13(2)9-18(12)22(19,20)17-6-3-14(10-17)16-7-4-15-5-8-16/h12-15H,3-11H2,1-2H3. The zero-order chi connectivity index (χ0) is 15.7. The molecule has 0 spiro atoms. The average molecular weight is 332 g/mol. The van der Waals surface area contributed by atoms with Gasteiger partial charge in [-0.3, -0.25) is 4.90 Å². The molecule has 3 heterocycles. The van der Waals surface area contributed by atoms with E-state index in [1.807, 2.05) is 13.8 Å². The van der Waals surface area contributed by atoms with Crippen LogP contribution in [0.1, 0.15) is 20.3 Å². The molecule has 0 radical (unpaired) electrons. The maximum atomic E-state index is 12.9. The minimum Gasteiger partial charge on any atom is -0.375 e. The fourth-order valence-corrected chi connectivity index (χ4v) is 5.52. The minimum atomic E-state index is -3.37. The normalized spacial score (nSPS) is 36.7. The molecule has 0 aliphatic carbocycles. The first-order valence-corrected chi connectivity index (χ1v) is 9.71. The van der Waals surface area contributed by atoms with Crippen molar-refractivity contribution < 1.29 is 13.2 Å². The summed E-state index contributed by atoms with van der Waals surface area (Å²) < 4.78 is 34.7. The first-order valence-electron chi connectivity index (χ1n) is 8.32. The second kappa shape index (κ2) is 6.70. The van der Waals surface area contributed by atoms with Crippen molar-refractivity contribution in [3.8, 4) is 0 Å². The predicted octanol–water partition coefficient (Wildman–Crippen LogP) is -0.680. The summed E-state index contributed by atoms with van der Waals surface area (Å²) in [5.41, 5.74) is 0. The Hall–Kier alpha value is -0.250. The van der Waals surface area contributed by atoms with Crippen molar-refractivity contribution in [3.63, 3.8) is 0 Å². The Labute approximate surface area is 133 Å². The number of nitrogens with zero attached hydrogens (tertiary/aromatic N) is 3. The van der Waals surface area contributed by atoms with Gasteiger partial charge in [0.15, 0.2) is 0 Å². The number of hydrogen-bond acceptors (Lipinski definition) is 5.